The largest absolute Gasteiger partial charge is 0.352 e. The van der Waals surface area contributed by atoms with E-state index >= 15 is 0 Å². The van der Waals surface area contributed by atoms with E-state index in [1.807, 2.05) is 13.8 Å². The van der Waals surface area contributed by atoms with Gasteiger partial charge in [0.05, 0.1) is 5.56 Å². The third-order valence-corrected chi connectivity index (χ3v) is 3.99. The first-order valence-corrected chi connectivity index (χ1v) is 7.89. The Bertz CT molecular complexity index is 619. The van der Waals surface area contributed by atoms with Gasteiger partial charge in [0, 0.05) is 11.6 Å². The monoisotopic (exact) mass is 322 g/mol. The zero-order chi connectivity index (χ0) is 15.5. The van der Waals surface area contributed by atoms with Crippen molar-refractivity contribution < 1.29 is 17.6 Å². The lowest BCUT2D eigenvalue weighted by Gasteiger charge is -2.12. The Kier molecular flexibility index (Phi) is 5.50. The fourth-order valence-electron chi connectivity index (χ4n) is 1.44. The van der Waals surface area contributed by atoms with Crippen LogP contribution in [0.25, 0.3) is 0 Å². The van der Waals surface area contributed by atoms with Crippen molar-refractivity contribution >= 4 is 27.5 Å². The van der Waals surface area contributed by atoms with E-state index in [-0.39, 0.29) is 10.9 Å². The van der Waals surface area contributed by atoms with Crippen LogP contribution in [-0.4, -0.2) is 20.9 Å². The fourth-order valence-corrected chi connectivity index (χ4v) is 2.38. The van der Waals surface area contributed by atoms with Gasteiger partial charge in [-0.05, 0) is 18.1 Å². The average Bonchev–Trinajstić information content (AvgIpc) is 2.36. The van der Waals surface area contributed by atoms with E-state index in [4.69, 9.17) is 16.7 Å². The molecule has 0 saturated heterocycles. The first-order valence-electron chi connectivity index (χ1n) is 5.96. The molecule has 0 aliphatic heterocycles. The van der Waals surface area contributed by atoms with Crippen LogP contribution in [0, 0.1) is 11.7 Å². The van der Waals surface area contributed by atoms with Gasteiger partial charge in [-0.15, -0.1) is 0 Å². The maximum Gasteiger partial charge on any atom is 0.254 e. The van der Waals surface area contributed by atoms with E-state index in [1.54, 1.807) is 0 Å². The molecule has 0 heterocycles. The predicted octanol–water partition coefficient (Wildman–Crippen LogP) is 1.90. The van der Waals surface area contributed by atoms with Crippen molar-refractivity contribution in [3.05, 3.63) is 28.5 Å². The Hall–Kier alpha value is -1.18. The van der Waals surface area contributed by atoms with E-state index in [1.165, 1.54) is 0 Å². The number of carbonyl (C=O) groups is 1. The molecule has 0 radical (unpaired) electrons. The molecule has 1 atom stereocenters. The zero-order valence-corrected chi connectivity index (χ0v) is 12.7. The van der Waals surface area contributed by atoms with Crippen LogP contribution in [0.1, 0.15) is 30.6 Å². The zero-order valence-electron chi connectivity index (χ0n) is 11.1. The van der Waals surface area contributed by atoms with Gasteiger partial charge in [-0.3, -0.25) is 4.79 Å². The Morgan fingerprint density at radius 2 is 2.10 bits per heavy atom. The van der Waals surface area contributed by atoms with Crippen LogP contribution < -0.4 is 10.5 Å². The highest BCUT2D eigenvalue weighted by atomic mass is 35.5. The Morgan fingerprint density at radius 1 is 1.50 bits per heavy atom. The topological polar surface area (TPSA) is 89.3 Å². The van der Waals surface area contributed by atoms with Gasteiger partial charge >= 0.3 is 0 Å². The lowest BCUT2D eigenvalue weighted by Crippen LogP contribution is -2.29. The summed E-state index contributed by atoms with van der Waals surface area (Å²) in [4.78, 5) is 11.1. The molecule has 0 fully saturated rings. The normalized spacial score (nSPS) is 13.1. The van der Waals surface area contributed by atoms with E-state index in [9.17, 15) is 17.6 Å². The molecule has 3 N–H and O–H groups in total. The number of hydrogen-bond acceptors (Lipinski definition) is 3. The summed E-state index contributed by atoms with van der Waals surface area (Å²) in [7, 11) is -4.29. The van der Waals surface area contributed by atoms with Crippen molar-refractivity contribution in [2.75, 3.05) is 6.54 Å². The fraction of sp³-hybridized carbons (Fsp3) is 0.417. The standard InChI is InChI=1S/C12H16ClFN2O3S/c1-3-7(2)6-16-12(17)9-4-8(13)5-10(11(9)14)20(15,18)19/h4-5,7H,3,6H2,1-2H3,(H,16,17)(H2,15,18,19). The lowest BCUT2D eigenvalue weighted by atomic mass is 10.1. The molecular weight excluding hydrogens is 307 g/mol. The number of nitrogens with two attached hydrogens (primary N) is 1. The number of rotatable bonds is 5. The third-order valence-electron chi connectivity index (χ3n) is 2.86. The van der Waals surface area contributed by atoms with Gasteiger partial charge in [0.15, 0.2) is 5.82 Å². The summed E-state index contributed by atoms with van der Waals surface area (Å²) in [6.07, 6.45) is 0.848. The van der Waals surface area contributed by atoms with Gasteiger partial charge in [-0.1, -0.05) is 31.9 Å². The molecule has 1 aromatic carbocycles. The van der Waals surface area contributed by atoms with Crippen LogP contribution >= 0.6 is 11.6 Å². The second kappa shape index (κ2) is 6.51. The van der Waals surface area contributed by atoms with Gasteiger partial charge in [0.1, 0.15) is 4.90 Å². The van der Waals surface area contributed by atoms with Crippen molar-refractivity contribution in [2.24, 2.45) is 11.1 Å². The van der Waals surface area contributed by atoms with Crippen molar-refractivity contribution in [1.82, 2.24) is 5.32 Å². The number of primary sulfonamides is 1. The van der Waals surface area contributed by atoms with Crippen LogP contribution in [0.4, 0.5) is 4.39 Å². The summed E-state index contributed by atoms with van der Waals surface area (Å²) in [6.45, 7) is 4.23. The minimum atomic E-state index is -4.29. The highest BCUT2D eigenvalue weighted by Gasteiger charge is 2.22. The minimum absolute atomic E-state index is 0.0795. The van der Waals surface area contributed by atoms with Crippen molar-refractivity contribution in [3.63, 3.8) is 0 Å². The SMILES string of the molecule is CCC(C)CNC(=O)c1cc(Cl)cc(S(N)(=O)=O)c1F. The van der Waals surface area contributed by atoms with Gasteiger partial charge in [-0.2, -0.15) is 0 Å². The molecular formula is C12H16ClFN2O3S. The highest BCUT2D eigenvalue weighted by molar-refractivity contribution is 7.89. The van der Waals surface area contributed by atoms with Gasteiger partial charge in [0.25, 0.3) is 5.91 Å². The van der Waals surface area contributed by atoms with Crippen LogP contribution in [0.3, 0.4) is 0 Å². The maximum atomic E-state index is 14.0. The first-order chi connectivity index (χ1) is 9.16. The molecule has 0 aliphatic carbocycles. The Balaban J connectivity index is 3.13. The molecule has 5 nitrogen and oxygen atoms in total. The van der Waals surface area contributed by atoms with Crippen LogP contribution in [0.2, 0.25) is 5.02 Å². The number of halogens is 2. The van der Waals surface area contributed by atoms with E-state index in [0.717, 1.165) is 18.6 Å². The second-order valence-electron chi connectivity index (χ2n) is 4.53. The molecule has 20 heavy (non-hydrogen) atoms. The summed E-state index contributed by atoms with van der Waals surface area (Å²) >= 11 is 5.70. The summed E-state index contributed by atoms with van der Waals surface area (Å²) in [6, 6.07) is 1.94. The number of hydrogen-bond donors (Lipinski definition) is 2. The Labute approximate surface area is 122 Å². The first kappa shape index (κ1) is 16.9. The number of carbonyl (C=O) groups excluding carboxylic acids is 1. The quantitative estimate of drug-likeness (QED) is 0.867. The van der Waals surface area contributed by atoms with E-state index in [2.05, 4.69) is 5.32 Å². The molecule has 0 bridgehead atoms. The van der Waals surface area contributed by atoms with Crippen molar-refractivity contribution in [1.29, 1.82) is 0 Å². The third kappa shape index (κ3) is 4.16. The molecule has 0 aromatic heterocycles. The lowest BCUT2D eigenvalue weighted by molar-refractivity contribution is 0.0943. The van der Waals surface area contributed by atoms with Crippen LogP contribution in [0.5, 0.6) is 0 Å². The summed E-state index contributed by atoms with van der Waals surface area (Å²) < 4.78 is 36.5. The van der Waals surface area contributed by atoms with E-state index < -0.39 is 32.2 Å². The molecule has 0 aliphatic rings. The molecule has 1 aromatic rings. The molecule has 0 saturated carbocycles. The average molecular weight is 323 g/mol. The van der Waals surface area contributed by atoms with Crippen LogP contribution in [-0.2, 0) is 10.0 Å². The summed E-state index contributed by atoms with van der Waals surface area (Å²) in [5.74, 6) is -1.70. The van der Waals surface area contributed by atoms with Gasteiger partial charge < -0.3 is 5.32 Å². The van der Waals surface area contributed by atoms with Crippen LogP contribution in [0.15, 0.2) is 17.0 Å². The predicted molar refractivity (Wildman–Crippen MR) is 74.6 cm³/mol. The highest BCUT2D eigenvalue weighted by Crippen LogP contribution is 2.23. The molecule has 1 unspecified atom stereocenters. The number of nitrogens with one attached hydrogen (secondary N) is 1. The van der Waals surface area contributed by atoms with Gasteiger partial charge in [0.2, 0.25) is 10.0 Å². The smallest absolute Gasteiger partial charge is 0.254 e. The molecule has 1 amide bonds. The van der Waals surface area contributed by atoms with Gasteiger partial charge in [-0.25, -0.2) is 17.9 Å². The van der Waals surface area contributed by atoms with E-state index in [0.29, 0.717) is 6.54 Å². The number of sulfonamides is 1. The molecule has 0 spiro atoms. The molecule has 8 heteroatoms. The number of amides is 1. The number of benzene rings is 1. The molecule has 112 valence electrons. The maximum absolute atomic E-state index is 14.0. The van der Waals surface area contributed by atoms with Crippen molar-refractivity contribution in [3.8, 4) is 0 Å². The summed E-state index contributed by atoms with van der Waals surface area (Å²) in [5.41, 5.74) is -0.440. The minimum Gasteiger partial charge on any atom is -0.352 e. The molecule has 1 rings (SSSR count). The summed E-state index contributed by atoms with van der Waals surface area (Å²) in [5, 5.41) is 7.32. The second-order valence-corrected chi connectivity index (χ2v) is 6.50. The Morgan fingerprint density at radius 3 is 2.60 bits per heavy atom. The van der Waals surface area contributed by atoms with Crippen molar-refractivity contribution in [2.45, 2.75) is 25.2 Å².